The third kappa shape index (κ3) is 5.86. The minimum absolute atomic E-state index is 0.136. The van der Waals surface area contributed by atoms with Crippen LogP contribution >= 0.6 is 22.9 Å². The third-order valence-corrected chi connectivity index (χ3v) is 12.7. The van der Waals surface area contributed by atoms with Gasteiger partial charge in [-0.25, -0.2) is 16.8 Å². The summed E-state index contributed by atoms with van der Waals surface area (Å²) in [5.41, 5.74) is 2.32. The highest BCUT2D eigenvalue weighted by atomic mass is 35.5. The molecule has 13 heteroatoms. The van der Waals surface area contributed by atoms with Crippen molar-refractivity contribution in [1.29, 1.82) is 0 Å². The zero-order valence-corrected chi connectivity index (χ0v) is 27.4. The highest BCUT2D eigenvalue weighted by molar-refractivity contribution is 7.93. The van der Waals surface area contributed by atoms with Gasteiger partial charge in [-0.3, -0.25) is 13.4 Å². The minimum Gasteiger partial charge on any atom is -0.497 e. The molecule has 0 fully saturated rings. The molecule has 4 aromatic carbocycles. The zero-order valence-electron chi connectivity index (χ0n) is 24.2. The second-order valence-electron chi connectivity index (χ2n) is 10.3. The molecule has 0 saturated carbocycles. The second-order valence-corrected chi connectivity index (χ2v) is 15.5. The van der Waals surface area contributed by atoms with Crippen molar-refractivity contribution in [2.45, 2.75) is 23.1 Å². The van der Waals surface area contributed by atoms with Crippen LogP contribution in [0.4, 0.5) is 17.1 Å². The number of benzene rings is 4. The number of thiophene rings is 1. The number of nitrogens with zero attached hydrogens (tertiary/aromatic N) is 2. The number of ether oxygens (including phenoxy) is 1. The van der Waals surface area contributed by atoms with Gasteiger partial charge in [0, 0.05) is 28.5 Å². The van der Waals surface area contributed by atoms with Gasteiger partial charge in [-0.2, -0.15) is 0 Å². The van der Waals surface area contributed by atoms with Gasteiger partial charge in [0.1, 0.15) is 5.75 Å². The number of amides is 1. The van der Waals surface area contributed by atoms with Gasteiger partial charge in [-0.1, -0.05) is 17.7 Å². The molecular formula is C32H28ClN3O6S3. The molecule has 1 aliphatic heterocycles. The number of hydrogen-bond donors (Lipinski definition) is 1. The molecule has 0 saturated heterocycles. The van der Waals surface area contributed by atoms with Crippen LogP contribution in [0, 0.1) is 0 Å². The Morgan fingerprint density at radius 1 is 0.933 bits per heavy atom. The number of anilines is 3. The first-order valence-electron chi connectivity index (χ1n) is 13.9. The molecule has 0 spiro atoms. The molecule has 1 N–H and O–H groups in total. The molecule has 0 unspecified atom stereocenters. The molecule has 0 bridgehead atoms. The molecule has 0 radical (unpaired) electrons. The number of hydrogen-bond acceptors (Lipinski definition) is 7. The Bertz CT molecular complexity index is 2130. The molecule has 1 aromatic heterocycles. The highest BCUT2D eigenvalue weighted by Gasteiger charge is 2.31. The highest BCUT2D eigenvalue weighted by Crippen LogP contribution is 2.36. The average molecular weight is 682 g/mol. The van der Waals surface area contributed by atoms with Crippen molar-refractivity contribution in [3.63, 3.8) is 0 Å². The summed E-state index contributed by atoms with van der Waals surface area (Å²) in [4.78, 5) is 14.0. The van der Waals surface area contributed by atoms with E-state index in [0.717, 1.165) is 15.6 Å². The van der Waals surface area contributed by atoms with E-state index in [-0.39, 0.29) is 22.2 Å². The number of carbonyl (C=O) groups excluding carboxylic acids is 1. The maximum Gasteiger partial charge on any atom is 0.265 e. The molecule has 1 amide bonds. The van der Waals surface area contributed by atoms with Gasteiger partial charge < -0.3 is 10.1 Å². The third-order valence-electron chi connectivity index (χ3n) is 7.54. The lowest BCUT2D eigenvalue weighted by Gasteiger charge is -2.23. The van der Waals surface area contributed by atoms with Gasteiger partial charge in [0.25, 0.3) is 26.0 Å². The predicted octanol–water partition coefficient (Wildman–Crippen LogP) is 6.78. The summed E-state index contributed by atoms with van der Waals surface area (Å²) in [5.74, 6) is 0.198. The first kappa shape index (κ1) is 30.9. The largest absolute Gasteiger partial charge is 0.497 e. The van der Waals surface area contributed by atoms with Crippen LogP contribution in [0.15, 0.2) is 101 Å². The number of fused-ring (bicyclic) bond motifs is 2. The van der Waals surface area contributed by atoms with Crippen LogP contribution in [0.2, 0.25) is 5.02 Å². The van der Waals surface area contributed by atoms with E-state index in [0.29, 0.717) is 45.7 Å². The van der Waals surface area contributed by atoms with Crippen LogP contribution in [0.1, 0.15) is 22.2 Å². The molecule has 0 atom stereocenters. The summed E-state index contributed by atoms with van der Waals surface area (Å²) in [5, 5.41) is 4.05. The topological polar surface area (TPSA) is 113 Å². The quantitative estimate of drug-likeness (QED) is 0.184. The molecule has 6 rings (SSSR count). The smallest absolute Gasteiger partial charge is 0.265 e. The van der Waals surface area contributed by atoms with Gasteiger partial charge in [0.15, 0.2) is 0 Å². The minimum atomic E-state index is -3.84. The Hall–Kier alpha value is -4.10. The maximum absolute atomic E-state index is 13.5. The van der Waals surface area contributed by atoms with E-state index in [1.165, 1.54) is 63.5 Å². The van der Waals surface area contributed by atoms with E-state index in [2.05, 4.69) is 5.32 Å². The van der Waals surface area contributed by atoms with E-state index >= 15 is 0 Å². The Labute approximate surface area is 270 Å². The summed E-state index contributed by atoms with van der Waals surface area (Å²) in [6.07, 6.45) is 0.554. The van der Waals surface area contributed by atoms with Crippen molar-refractivity contribution >= 4 is 76.0 Å². The van der Waals surface area contributed by atoms with E-state index < -0.39 is 20.0 Å². The molecule has 232 valence electrons. The van der Waals surface area contributed by atoms with Gasteiger partial charge in [-0.05, 0) is 109 Å². The molecule has 9 nitrogen and oxygen atoms in total. The van der Waals surface area contributed by atoms with Crippen molar-refractivity contribution in [2.24, 2.45) is 0 Å². The van der Waals surface area contributed by atoms with Crippen molar-refractivity contribution in [3.8, 4) is 5.75 Å². The molecule has 45 heavy (non-hydrogen) atoms. The van der Waals surface area contributed by atoms with Gasteiger partial charge in [0.05, 0.1) is 33.2 Å². The average Bonchev–Trinajstić information content (AvgIpc) is 3.66. The first-order chi connectivity index (χ1) is 21.5. The summed E-state index contributed by atoms with van der Waals surface area (Å²) in [7, 11) is -6.14. The summed E-state index contributed by atoms with van der Waals surface area (Å²) >= 11 is 7.23. The summed E-state index contributed by atoms with van der Waals surface area (Å²) < 4.78 is 62.3. The van der Waals surface area contributed by atoms with Gasteiger partial charge in [-0.15, -0.1) is 11.3 Å². The van der Waals surface area contributed by atoms with Crippen LogP contribution in [0.3, 0.4) is 0 Å². The zero-order chi connectivity index (χ0) is 31.9. The lowest BCUT2D eigenvalue weighted by Crippen LogP contribution is -2.30. The monoisotopic (exact) mass is 681 g/mol. The molecule has 2 heterocycles. The first-order valence-corrected chi connectivity index (χ1v) is 18.0. The van der Waals surface area contributed by atoms with Crippen LogP contribution in [0.25, 0.3) is 10.1 Å². The fourth-order valence-electron chi connectivity index (χ4n) is 5.27. The summed E-state index contributed by atoms with van der Waals surface area (Å²) in [6.45, 7) is 2.26. The van der Waals surface area contributed by atoms with Crippen LogP contribution < -0.4 is 18.7 Å². The van der Waals surface area contributed by atoms with E-state index in [9.17, 15) is 21.6 Å². The van der Waals surface area contributed by atoms with Crippen LogP contribution in [-0.2, 0) is 26.5 Å². The van der Waals surface area contributed by atoms with E-state index in [4.69, 9.17) is 16.3 Å². The Morgan fingerprint density at radius 2 is 1.64 bits per heavy atom. The number of sulfonamides is 2. The second kappa shape index (κ2) is 12.0. The van der Waals surface area contributed by atoms with Gasteiger partial charge in [0.2, 0.25) is 0 Å². The Kier molecular flexibility index (Phi) is 8.25. The standard InChI is InChI=1S/C32H28ClN3O6S3/c1-3-35(44(38,39)28-13-9-26(42-2)10-14-28)25-8-15-30-22(18-25)19-31(43-30)32(37)34-24-7-4-21-16-17-36(29(21)20-24)45(40,41)27-11-5-23(33)6-12-27/h4-15,18-20H,3,16-17H2,1-2H3,(H,34,37). The van der Waals surface area contributed by atoms with E-state index in [1.807, 2.05) is 6.07 Å². The van der Waals surface area contributed by atoms with Crippen molar-refractivity contribution < 1.29 is 26.4 Å². The van der Waals surface area contributed by atoms with E-state index in [1.54, 1.807) is 55.5 Å². The number of methoxy groups -OCH3 is 1. The maximum atomic E-state index is 13.5. The number of halogens is 1. The number of nitrogens with one attached hydrogen (secondary N) is 1. The predicted molar refractivity (Wildman–Crippen MR) is 179 cm³/mol. The SMILES string of the molecule is CCN(c1ccc2sc(C(=O)Nc3ccc4c(c3)N(S(=O)(=O)c3ccc(Cl)cc3)CC4)cc2c1)S(=O)(=O)c1ccc(OC)cc1. The van der Waals surface area contributed by atoms with Crippen molar-refractivity contribution in [1.82, 2.24) is 0 Å². The number of carbonyl (C=O) groups is 1. The fourth-order valence-corrected chi connectivity index (χ4v) is 9.29. The van der Waals surface area contributed by atoms with Gasteiger partial charge >= 0.3 is 0 Å². The molecule has 0 aliphatic carbocycles. The summed E-state index contributed by atoms with van der Waals surface area (Å²) in [6, 6.07) is 24.5. The molecule has 5 aromatic rings. The fraction of sp³-hybridized carbons (Fsp3) is 0.156. The van der Waals surface area contributed by atoms with Crippen molar-refractivity contribution in [2.75, 3.05) is 34.1 Å². The lowest BCUT2D eigenvalue weighted by molar-refractivity contribution is 0.103. The molecule has 1 aliphatic rings. The molecular weight excluding hydrogens is 654 g/mol. The Balaban J connectivity index is 1.23. The lowest BCUT2D eigenvalue weighted by atomic mass is 10.1. The normalized spacial score (nSPS) is 13.1. The number of rotatable bonds is 9. The van der Waals surface area contributed by atoms with Crippen LogP contribution in [0.5, 0.6) is 5.75 Å². The Morgan fingerprint density at radius 3 is 2.33 bits per heavy atom. The van der Waals surface area contributed by atoms with Crippen molar-refractivity contribution in [3.05, 3.63) is 106 Å². The van der Waals surface area contributed by atoms with Crippen LogP contribution in [-0.4, -0.2) is 42.9 Å².